The van der Waals surface area contributed by atoms with Crippen LogP contribution < -0.4 is 5.32 Å². The van der Waals surface area contributed by atoms with Gasteiger partial charge in [0, 0.05) is 11.3 Å². The zero-order valence-corrected chi connectivity index (χ0v) is 14.8. The van der Waals surface area contributed by atoms with E-state index in [0.29, 0.717) is 17.0 Å². The summed E-state index contributed by atoms with van der Waals surface area (Å²) >= 11 is 0. The quantitative estimate of drug-likeness (QED) is 0.543. The van der Waals surface area contributed by atoms with Crippen molar-refractivity contribution in [3.05, 3.63) is 95.6 Å². The zero-order valence-electron chi connectivity index (χ0n) is 14.8. The minimum atomic E-state index is -0.476. The molecule has 1 aliphatic heterocycles. The number of nitrogens with one attached hydrogen (secondary N) is 1. The number of anilines is 1. The van der Waals surface area contributed by atoms with Gasteiger partial charge in [0.05, 0.1) is 11.4 Å². The molecule has 1 unspecified atom stereocenters. The second-order valence-electron chi connectivity index (χ2n) is 6.48. The molecule has 4 heteroatoms. The maximum absolute atomic E-state index is 12.7. The summed E-state index contributed by atoms with van der Waals surface area (Å²) in [4.78, 5) is 29.0. The van der Waals surface area contributed by atoms with E-state index in [1.807, 2.05) is 54.6 Å². The first-order valence-corrected chi connectivity index (χ1v) is 8.78. The third-order valence-corrected chi connectivity index (χ3v) is 4.66. The fourth-order valence-corrected chi connectivity index (χ4v) is 3.29. The van der Waals surface area contributed by atoms with Gasteiger partial charge in [0.25, 0.3) is 0 Å². The Balaban J connectivity index is 1.83. The van der Waals surface area contributed by atoms with Crippen LogP contribution in [0.1, 0.15) is 34.3 Å². The third kappa shape index (κ3) is 3.29. The summed E-state index contributed by atoms with van der Waals surface area (Å²) in [5.41, 5.74) is 4.67. The zero-order chi connectivity index (χ0) is 18.8. The van der Waals surface area contributed by atoms with Gasteiger partial charge in [0.1, 0.15) is 5.92 Å². The number of rotatable bonds is 4. The second-order valence-corrected chi connectivity index (χ2v) is 6.48. The largest absolute Gasteiger partial charge is 0.325 e. The molecule has 1 aliphatic rings. The summed E-state index contributed by atoms with van der Waals surface area (Å²) in [5.74, 6) is -0.548. The third-order valence-electron chi connectivity index (χ3n) is 4.66. The van der Waals surface area contributed by atoms with Gasteiger partial charge in [-0.3, -0.25) is 14.6 Å². The SMILES string of the molecule is CC(=O)c1ccc(N=C(c2ccccc2)C2C(=O)Nc3ccccc32)cc1. The number of nitrogens with zero attached hydrogens (tertiary/aromatic N) is 1. The highest BCUT2D eigenvalue weighted by atomic mass is 16.2. The minimum Gasteiger partial charge on any atom is -0.325 e. The van der Waals surface area contributed by atoms with E-state index in [4.69, 9.17) is 4.99 Å². The van der Waals surface area contributed by atoms with Crippen LogP contribution in [-0.2, 0) is 4.79 Å². The van der Waals surface area contributed by atoms with E-state index in [2.05, 4.69) is 5.32 Å². The molecule has 1 N–H and O–H groups in total. The highest BCUT2D eigenvalue weighted by molar-refractivity contribution is 6.24. The van der Waals surface area contributed by atoms with Crippen LogP contribution >= 0.6 is 0 Å². The van der Waals surface area contributed by atoms with Gasteiger partial charge in [-0.1, -0.05) is 48.5 Å². The molecule has 0 saturated carbocycles. The summed E-state index contributed by atoms with van der Waals surface area (Å²) in [5, 5.41) is 2.94. The van der Waals surface area contributed by atoms with Gasteiger partial charge < -0.3 is 5.32 Å². The number of amides is 1. The van der Waals surface area contributed by atoms with Crippen LogP contribution in [0.15, 0.2) is 83.9 Å². The van der Waals surface area contributed by atoms with E-state index in [1.165, 1.54) is 6.92 Å². The first-order valence-electron chi connectivity index (χ1n) is 8.78. The van der Waals surface area contributed by atoms with Crippen LogP contribution in [0.2, 0.25) is 0 Å². The predicted molar refractivity (Wildman–Crippen MR) is 107 cm³/mol. The number of carbonyl (C=O) groups excluding carboxylic acids is 2. The van der Waals surface area contributed by atoms with Gasteiger partial charge in [0.15, 0.2) is 5.78 Å². The molecule has 1 atom stereocenters. The fourth-order valence-electron chi connectivity index (χ4n) is 3.29. The van der Waals surface area contributed by atoms with Crippen molar-refractivity contribution in [2.75, 3.05) is 5.32 Å². The Hall–Kier alpha value is -3.53. The lowest BCUT2D eigenvalue weighted by Gasteiger charge is -2.14. The van der Waals surface area contributed by atoms with Gasteiger partial charge >= 0.3 is 0 Å². The molecule has 0 saturated heterocycles. The number of benzene rings is 3. The molecule has 132 valence electrons. The van der Waals surface area contributed by atoms with Crippen LogP contribution in [0.5, 0.6) is 0 Å². The van der Waals surface area contributed by atoms with E-state index in [-0.39, 0.29) is 11.7 Å². The maximum atomic E-state index is 12.7. The summed E-state index contributed by atoms with van der Waals surface area (Å²) in [6.45, 7) is 1.54. The first kappa shape index (κ1) is 16.9. The van der Waals surface area contributed by atoms with E-state index < -0.39 is 5.92 Å². The molecule has 4 rings (SSSR count). The van der Waals surface area contributed by atoms with Gasteiger partial charge in [-0.2, -0.15) is 0 Å². The van der Waals surface area contributed by atoms with Crippen LogP contribution in [-0.4, -0.2) is 17.4 Å². The molecule has 3 aromatic rings. The Kier molecular flexibility index (Phi) is 4.38. The molecule has 0 radical (unpaired) electrons. The lowest BCUT2D eigenvalue weighted by molar-refractivity contribution is -0.115. The number of aliphatic imine (C=N–C) groups is 1. The number of para-hydroxylation sites is 1. The van der Waals surface area contributed by atoms with Crippen molar-refractivity contribution in [2.24, 2.45) is 4.99 Å². The molecule has 0 spiro atoms. The molecular formula is C23H18N2O2. The number of ketones is 1. The number of Topliss-reactive ketones (excluding diaryl/α,β-unsaturated/α-hetero) is 1. The van der Waals surface area contributed by atoms with Crippen molar-refractivity contribution in [1.82, 2.24) is 0 Å². The maximum Gasteiger partial charge on any atom is 0.238 e. The normalized spacial score (nSPS) is 16.0. The Labute approximate surface area is 157 Å². The van der Waals surface area contributed by atoms with Gasteiger partial charge in [-0.05, 0) is 48.4 Å². The van der Waals surface area contributed by atoms with Crippen LogP contribution in [0, 0.1) is 0 Å². The van der Waals surface area contributed by atoms with Crippen LogP contribution in [0.25, 0.3) is 0 Å². The van der Waals surface area contributed by atoms with Gasteiger partial charge in [0.2, 0.25) is 5.91 Å². The standard InChI is InChI=1S/C23H18N2O2/c1-15(26)16-11-13-18(14-12-16)24-22(17-7-3-2-4-8-17)21-19-9-5-6-10-20(19)25-23(21)27/h2-14,21H,1H3,(H,25,27). The molecular weight excluding hydrogens is 336 g/mol. The molecule has 4 nitrogen and oxygen atoms in total. The van der Waals surface area contributed by atoms with E-state index in [1.54, 1.807) is 24.3 Å². The average molecular weight is 354 g/mol. The summed E-state index contributed by atoms with van der Waals surface area (Å²) < 4.78 is 0. The Morgan fingerprint density at radius 2 is 1.52 bits per heavy atom. The van der Waals surface area contributed by atoms with Crippen LogP contribution in [0.3, 0.4) is 0 Å². The summed E-state index contributed by atoms with van der Waals surface area (Å²) in [7, 11) is 0. The van der Waals surface area contributed by atoms with Gasteiger partial charge in [-0.25, -0.2) is 0 Å². The number of hydrogen-bond acceptors (Lipinski definition) is 3. The Morgan fingerprint density at radius 1 is 0.852 bits per heavy atom. The number of hydrogen-bond donors (Lipinski definition) is 1. The molecule has 0 bridgehead atoms. The molecule has 0 aliphatic carbocycles. The summed E-state index contributed by atoms with van der Waals surface area (Å²) in [6.07, 6.45) is 0. The number of carbonyl (C=O) groups is 2. The topological polar surface area (TPSA) is 58.5 Å². The lowest BCUT2D eigenvalue weighted by atomic mass is 9.90. The number of fused-ring (bicyclic) bond motifs is 1. The highest BCUT2D eigenvalue weighted by Gasteiger charge is 2.35. The molecule has 0 aromatic heterocycles. The second kappa shape index (κ2) is 7.00. The van der Waals surface area contributed by atoms with Crippen molar-refractivity contribution in [1.29, 1.82) is 0 Å². The molecule has 3 aromatic carbocycles. The molecule has 27 heavy (non-hydrogen) atoms. The van der Waals surface area contributed by atoms with Crippen molar-refractivity contribution >= 4 is 28.8 Å². The van der Waals surface area contributed by atoms with Crippen molar-refractivity contribution in [3.63, 3.8) is 0 Å². The molecule has 1 amide bonds. The van der Waals surface area contributed by atoms with Gasteiger partial charge in [-0.15, -0.1) is 0 Å². The smallest absolute Gasteiger partial charge is 0.238 e. The van der Waals surface area contributed by atoms with E-state index >= 15 is 0 Å². The molecule has 0 fully saturated rings. The fraction of sp³-hybridized carbons (Fsp3) is 0.0870. The molecule has 1 heterocycles. The average Bonchev–Trinajstić information content (AvgIpc) is 3.03. The predicted octanol–water partition coefficient (Wildman–Crippen LogP) is 4.75. The minimum absolute atomic E-state index is 0.0120. The monoisotopic (exact) mass is 354 g/mol. The lowest BCUT2D eigenvalue weighted by Crippen LogP contribution is -2.21. The highest BCUT2D eigenvalue weighted by Crippen LogP contribution is 2.36. The van der Waals surface area contributed by atoms with Crippen molar-refractivity contribution < 1.29 is 9.59 Å². The Morgan fingerprint density at radius 3 is 2.22 bits per heavy atom. The van der Waals surface area contributed by atoms with E-state index in [0.717, 1.165) is 16.8 Å². The first-order chi connectivity index (χ1) is 13.1. The van der Waals surface area contributed by atoms with Crippen molar-refractivity contribution in [3.8, 4) is 0 Å². The van der Waals surface area contributed by atoms with E-state index in [9.17, 15) is 9.59 Å². The van der Waals surface area contributed by atoms with Crippen LogP contribution in [0.4, 0.5) is 11.4 Å². The van der Waals surface area contributed by atoms with Crippen molar-refractivity contribution in [2.45, 2.75) is 12.8 Å². The Bertz CT molecular complexity index is 1040. The summed E-state index contributed by atoms with van der Waals surface area (Å²) in [6, 6.07) is 24.5.